The number of aliphatic carboxylic acids is 1. The molecule has 1 aliphatic carbocycles. The lowest BCUT2D eigenvalue weighted by atomic mass is 9.98. The maximum atomic E-state index is 12.7. The summed E-state index contributed by atoms with van der Waals surface area (Å²) in [6, 6.07) is 21.4. The number of ether oxygens (including phenoxy) is 2. The van der Waals surface area contributed by atoms with Crippen molar-refractivity contribution in [2.24, 2.45) is 0 Å². The fourth-order valence-electron chi connectivity index (χ4n) is 3.88. The summed E-state index contributed by atoms with van der Waals surface area (Å²) in [6.45, 7) is -0.112. The van der Waals surface area contributed by atoms with Gasteiger partial charge in [-0.3, -0.25) is 4.90 Å². The molecule has 0 saturated carbocycles. The van der Waals surface area contributed by atoms with E-state index in [0.29, 0.717) is 10.8 Å². The lowest BCUT2D eigenvalue weighted by molar-refractivity contribution is -0.143. The van der Waals surface area contributed by atoms with Crippen LogP contribution in [0.1, 0.15) is 17.0 Å². The Labute approximate surface area is 191 Å². The zero-order valence-electron chi connectivity index (χ0n) is 17.4. The van der Waals surface area contributed by atoms with E-state index in [9.17, 15) is 14.7 Å². The van der Waals surface area contributed by atoms with E-state index >= 15 is 0 Å². The number of rotatable bonds is 7. The van der Waals surface area contributed by atoms with E-state index in [0.717, 1.165) is 27.2 Å². The van der Waals surface area contributed by atoms with E-state index in [1.807, 2.05) is 36.4 Å². The number of hydrogen-bond acceptors (Lipinski definition) is 4. The minimum absolute atomic E-state index is 0.103. The molecule has 32 heavy (non-hydrogen) atoms. The van der Waals surface area contributed by atoms with E-state index in [4.69, 9.17) is 21.1 Å². The Morgan fingerprint density at radius 2 is 1.53 bits per heavy atom. The Balaban J connectivity index is 1.42. The second-order valence-corrected chi connectivity index (χ2v) is 7.97. The van der Waals surface area contributed by atoms with Crippen LogP contribution in [0.15, 0.2) is 72.8 Å². The average molecular weight is 452 g/mol. The lowest BCUT2D eigenvalue weighted by Gasteiger charge is -2.25. The Bertz CT molecular complexity index is 1090. The molecule has 1 amide bonds. The number of amides is 1. The topological polar surface area (TPSA) is 76.1 Å². The van der Waals surface area contributed by atoms with Gasteiger partial charge in [-0.1, -0.05) is 60.1 Å². The standard InChI is InChI=1S/C25H22ClNO5/c1-27(23(24(28)29)15-31-17-12-10-16(26)11-13-17)25(30)32-14-22-20-8-4-2-6-18(20)19-7-3-5-9-21(19)22/h2-13,22-23H,14-15H2,1H3,(H,28,29)/t23-/m0/s1. The monoisotopic (exact) mass is 451 g/mol. The smallest absolute Gasteiger partial charge is 0.410 e. The molecule has 0 aromatic heterocycles. The Hall–Kier alpha value is -3.51. The zero-order valence-corrected chi connectivity index (χ0v) is 18.2. The summed E-state index contributed by atoms with van der Waals surface area (Å²) < 4.78 is 11.1. The molecule has 0 radical (unpaired) electrons. The molecule has 0 fully saturated rings. The molecule has 0 unspecified atom stereocenters. The first-order valence-corrected chi connectivity index (χ1v) is 10.5. The van der Waals surface area contributed by atoms with Gasteiger partial charge < -0.3 is 14.6 Å². The third-order valence-corrected chi connectivity index (χ3v) is 5.85. The Morgan fingerprint density at radius 3 is 2.09 bits per heavy atom. The fraction of sp³-hybridized carbons (Fsp3) is 0.200. The van der Waals surface area contributed by atoms with Crippen molar-refractivity contribution < 1.29 is 24.2 Å². The molecule has 7 heteroatoms. The van der Waals surface area contributed by atoms with Crippen LogP contribution in [0.4, 0.5) is 4.79 Å². The van der Waals surface area contributed by atoms with Crippen molar-refractivity contribution in [2.45, 2.75) is 12.0 Å². The summed E-state index contributed by atoms with van der Waals surface area (Å²) in [4.78, 5) is 25.5. The van der Waals surface area contributed by atoms with Crippen LogP contribution in [0, 0.1) is 0 Å². The van der Waals surface area contributed by atoms with Gasteiger partial charge in [0.25, 0.3) is 0 Å². The van der Waals surface area contributed by atoms with E-state index in [2.05, 4.69) is 12.1 Å². The number of carboxylic acid groups (broad SMARTS) is 1. The van der Waals surface area contributed by atoms with Crippen LogP contribution in [0.25, 0.3) is 11.1 Å². The van der Waals surface area contributed by atoms with Crippen LogP contribution in [0.2, 0.25) is 5.02 Å². The van der Waals surface area contributed by atoms with Crippen LogP contribution >= 0.6 is 11.6 Å². The molecule has 3 aromatic rings. The lowest BCUT2D eigenvalue weighted by Crippen LogP contribution is -2.46. The highest BCUT2D eigenvalue weighted by Gasteiger charge is 2.32. The maximum absolute atomic E-state index is 12.7. The third kappa shape index (κ3) is 4.41. The van der Waals surface area contributed by atoms with Gasteiger partial charge in [-0.15, -0.1) is 0 Å². The van der Waals surface area contributed by atoms with Gasteiger partial charge in [0, 0.05) is 18.0 Å². The second-order valence-electron chi connectivity index (χ2n) is 7.53. The summed E-state index contributed by atoms with van der Waals surface area (Å²) in [5.41, 5.74) is 4.42. The van der Waals surface area contributed by atoms with E-state index in [-0.39, 0.29) is 19.1 Å². The van der Waals surface area contributed by atoms with Gasteiger partial charge in [-0.05, 0) is 46.5 Å². The SMILES string of the molecule is CN(C(=O)OCC1c2ccccc2-c2ccccc21)[C@@H](COc1ccc(Cl)cc1)C(=O)O. The normalized spacial score (nSPS) is 13.1. The molecule has 3 aromatic carbocycles. The van der Waals surface area contributed by atoms with E-state index in [1.54, 1.807) is 24.3 Å². The number of nitrogens with zero attached hydrogens (tertiary/aromatic N) is 1. The first-order chi connectivity index (χ1) is 15.5. The summed E-state index contributed by atoms with van der Waals surface area (Å²) in [7, 11) is 1.39. The van der Waals surface area contributed by atoms with Crippen LogP contribution in [0.5, 0.6) is 5.75 Å². The summed E-state index contributed by atoms with van der Waals surface area (Å²) in [5.74, 6) is -0.829. The van der Waals surface area contributed by atoms with Crippen molar-refractivity contribution in [3.63, 3.8) is 0 Å². The first kappa shape index (κ1) is 21.7. The zero-order chi connectivity index (χ0) is 22.7. The fourth-order valence-corrected chi connectivity index (χ4v) is 4.00. The molecule has 164 valence electrons. The van der Waals surface area contributed by atoms with Gasteiger partial charge in [0.2, 0.25) is 0 Å². The minimum Gasteiger partial charge on any atom is -0.491 e. The molecular weight excluding hydrogens is 430 g/mol. The minimum atomic E-state index is -1.21. The van der Waals surface area contributed by atoms with Gasteiger partial charge >= 0.3 is 12.1 Å². The second kappa shape index (κ2) is 9.32. The van der Waals surface area contributed by atoms with Crippen molar-refractivity contribution in [1.82, 2.24) is 4.90 Å². The molecular formula is C25H22ClNO5. The number of carbonyl (C=O) groups is 2. The molecule has 1 N–H and O–H groups in total. The molecule has 0 saturated heterocycles. The molecule has 0 spiro atoms. The summed E-state index contributed by atoms with van der Waals surface area (Å²) in [5, 5.41) is 10.1. The van der Waals surface area contributed by atoms with Crippen molar-refractivity contribution in [3.05, 3.63) is 88.9 Å². The Kier molecular flexibility index (Phi) is 6.32. The number of hydrogen-bond donors (Lipinski definition) is 1. The molecule has 0 heterocycles. The number of likely N-dealkylation sites (N-methyl/N-ethyl adjacent to an activating group) is 1. The van der Waals surface area contributed by atoms with Crippen molar-refractivity contribution in [2.75, 3.05) is 20.3 Å². The van der Waals surface area contributed by atoms with Crippen molar-refractivity contribution in [1.29, 1.82) is 0 Å². The van der Waals surface area contributed by atoms with Crippen LogP contribution in [-0.2, 0) is 9.53 Å². The molecule has 4 rings (SSSR count). The predicted molar refractivity (Wildman–Crippen MR) is 121 cm³/mol. The molecule has 6 nitrogen and oxygen atoms in total. The summed E-state index contributed by atoms with van der Waals surface area (Å²) in [6.07, 6.45) is -0.723. The van der Waals surface area contributed by atoms with E-state index < -0.39 is 18.1 Å². The van der Waals surface area contributed by atoms with Crippen molar-refractivity contribution in [3.8, 4) is 16.9 Å². The maximum Gasteiger partial charge on any atom is 0.410 e. The first-order valence-electron chi connectivity index (χ1n) is 10.1. The van der Waals surface area contributed by atoms with Gasteiger partial charge in [0.15, 0.2) is 6.04 Å². The molecule has 0 bridgehead atoms. The Morgan fingerprint density at radius 1 is 0.969 bits per heavy atom. The van der Waals surface area contributed by atoms with Crippen LogP contribution in [-0.4, -0.2) is 48.4 Å². The average Bonchev–Trinajstić information content (AvgIpc) is 3.12. The van der Waals surface area contributed by atoms with Gasteiger partial charge in [0.05, 0.1) is 0 Å². The van der Waals surface area contributed by atoms with Gasteiger partial charge in [0.1, 0.15) is 19.0 Å². The van der Waals surface area contributed by atoms with Crippen LogP contribution in [0.3, 0.4) is 0 Å². The number of halogens is 1. The highest BCUT2D eigenvalue weighted by Crippen LogP contribution is 2.44. The number of fused-ring (bicyclic) bond motifs is 3. The number of carbonyl (C=O) groups excluding carboxylic acids is 1. The molecule has 0 aliphatic heterocycles. The van der Waals surface area contributed by atoms with Crippen molar-refractivity contribution >= 4 is 23.7 Å². The van der Waals surface area contributed by atoms with Gasteiger partial charge in [-0.25, -0.2) is 9.59 Å². The predicted octanol–water partition coefficient (Wildman–Crippen LogP) is 5.05. The van der Waals surface area contributed by atoms with E-state index in [1.165, 1.54) is 7.05 Å². The molecule has 1 aliphatic rings. The number of carboxylic acids is 1. The number of benzene rings is 3. The third-order valence-electron chi connectivity index (χ3n) is 5.60. The highest BCUT2D eigenvalue weighted by molar-refractivity contribution is 6.30. The summed E-state index contributed by atoms with van der Waals surface area (Å²) >= 11 is 5.85. The van der Waals surface area contributed by atoms with Gasteiger partial charge in [-0.2, -0.15) is 0 Å². The highest BCUT2D eigenvalue weighted by atomic mass is 35.5. The molecule has 1 atom stereocenters. The van der Waals surface area contributed by atoms with Crippen LogP contribution < -0.4 is 4.74 Å². The quantitative estimate of drug-likeness (QED) is 0.543. The largest absolute Gasteiger partial charge is 0.491 e.